The molecule has 0 radical (unpaired) electrons. The first-order chi connectivity index (χ1) is 9.38. The Hall–Kier alpha value is -0.370. The van der Waals surface area contributed by atoms with Gasteiger partial charge in [0.1, 0.15) is 0 Å². The lowest BCUT2D eigenvalue weighted by Crippen LogP contribution is -2.14. The molecule has 2 aromatic rings. The van der Waals surface area contributed by atoms with Crippen LogP contribution in [0.3, 0.4) is 0 Å². The van der Waals surface area contributed by atoms with Gasteiger partial charge < -0.3 is 11.1 Å². The average Bonchev–Trinajstić information content (AvgIpc) is 2.33. The van der Waals surface area contributed by atoms with Crippen molar-refractivity contribution in [2.24, 2.45) is 0 Å². The molecule has 104 valence electrons. The van der Waals surface area contributed by atoms with Crippen molar-refractivity contribution in [3.8, 4) is 0 Å². The van der Waals surface area contributed by atoms with Crippen molar-refractivity contribution < 1.29 is 4.79 Å². The van der Waals surface area contributed by atoms with Gasteiger partial charge in [0.15, 0.2) is 0 Å². The van der Waals surface area contributed by atoms with Gasteiger partial charge in [0.2, 0.25) is 0 Å². The summed E-state index contributed by atoms with van der Waals surface area (Å²) in [6, 6.07) is 8.90. The molecule has 0 fully saturated rings. The quantitative estimate of drug-likeness (QED) is 0.502. The van der Waals surface area contributed by atoms with Crippen molar-refractivity contribution in [2.45, 2.75) is 0 Å². The molecule has 0 unspecified atom stereocenters. The lowest BCUT2D eigenvalue weighted by Gasteiger charge is -2.12. The summed E-state index contributed by atoms with van der Waals surface area (Å²) in [7, 11) is 0. The van der Waals surface area contributed by atoms with E-state index in [0.717, 1.165) is 8.95 Å². The smallest absolute Gasteiger partial charge is 0.256 e. The van der Waals surface area contributed by atoms with Crippen LogP contribution in [0.25, 0.3) is 0 Å². The molecule has 2 rings (SSSR count). The first-order valence-corrected chi connectivity index (χ1v) is 8.56. The summed E-state index contributed by atoms with van der Waals surface area (Å²) >= 11 is 13.4. The molecule has 0 spiro atoms. The highest BCUT2D eigenvalue weighted by Crippen LogP contribution is 2.33. The van der Waals surface area contributed by atoms with E-state index in [9.17, 15) is 4.79 Å². The molecule has 3 nitrogen and oxygen atoms in total. The van der Waals surface area contributed by atoms with Gasteiger partial charge in [-0.1, -0.05) is 31.9 Å². The van der Waals surface area contributed by atoms with Gasteiger partial charge >= 0.3 is 0 Å². The van der Waals surface area contributed by atoms with Crippen LogP contribution in [-0.2, 0) is 0 Å². The van der Waals surface area contributed by atoms with Crippen molar-refractivity contribution >= 4 is 81.0 Å². The molecule has 0 aliphatic heterocycles. The topological polar surface area (TPSA) is 55.1 Å². The molecule has 0 aliphatic rings. The highest BCUT2D eigenvalue weighted by molar-refractivity contribution is 9.11. The SMILES string of the molecule is Nc1cc(Br)cc(Br)c1NC(=O)c1ccc(Br)cc1Br. The first-order valence-electron chi connectivity index (χ1n) is 5.39. The fraction of sp³-hybridized carbons (Fsp3) is 0. The molecule has 0 atom stereocenters. The van der Waals surface area contributed by atoms with Gasteiger partial charge in [0, 0.05) is 17.9 Å². The molecule has 1 amide bonds. The molecule has 20 heavy (non-hydrogen) atoms. The predicted octanol–water partition coefficient (Wildman–Crippen LogP) is 5.57. The number of carbonyl (C=O) groups is 1. The molecule has 0 bridgehead atoms. The van der Waals surface area contributed by atoms with Crippen molar-refractivity contribution in [3.05, 3.63) is 53.8 Å². The fourth-order valence-electron chi connectivity index (χ4n) is 1.58. The molecule has 3 N–H and O–H groups in total. The van der Waals surface area contributed by atoms with E-state index in [4.69, 9.17) is 5.73 Å². The summed E-state index contributed by atoms with van der Waals surface area (Å²) in [5, 5.41) is 2.81. The summed E-state index contributed by atoms with van der Waals surface area (Å²) in [4.78, 5) is 12.3. The number of amides is 1. The van der Waals surface area contributed by atoms with Gasteiger partial charge in [-0.05, 0) is 62.2 Å². The third-order valence-electron chi connectivity index (χ3n) is 2.50. The normalized spacial score (nSPS) is 10.4. The average molecular weight is 528 g/mol. The van der Waals surface area contributed by atoms with Gasteiger partial charge in [-0.25, -0.2) is 0 Å². The Balaban J connectivity index is 2.33. The second kappa shape index (κ2) is 6.60. The Bertz CT molecular complexity index is 665. The van der Waals surface area contributed by atoms with Crippen molar-refractivity contribution in [1.82, 2.24) is 0 Å². The summed E-state index contributed by atoms with van der Waals surface area (Å²) in [5.74, 6) is -0.237. The van der Waals surface area contributed by atoms with Crippen LogP contribution < -0.4 is 11.1 Å². The highest BCUT2D eigenvalue weighted by atomic mass is 79.9. The van der Waals surface area contributed by atoms with Crippen LogP contribution in [0.1, 0.15) is 10.4 Å². The zero-order chi connectivity index (χ0) is 14.9. The minimum absolute atomic E-state index is 0.237. The van der Waals surface area contributed by atoms with Crippen LogP contribution in [0.5, 0.6) is 0 Å². The maximum absolute atomic E-state index is 12.3. The number of rotatable bonds is 2. The third-order valence-corrected chi connectivity index (χ3v) is 4.73. The molecule has 0 heterocycles. The standard InChI is InChI=1S/C13H8Br4N2O/c14-6-1-2-8(9(16)3-6)13(20)19-12-10(17)4-7(15)5-11(12)18/h1-5H,18H2,(H,19,20). The maximum Gasteiger partial charge on any atom is 0.256 e. The van der Waals surface area contributed by atoms with Gasteiger partial charge in [-0.3, -0.25) is 4.79 Å². The number of benzene rings is 2. The minimum atomic E-state index is -0.237. The zero-order valence-corrected chi connectivity index (χ0v) is 16.2. The second-order valence-corrected chi connectivity index (χ2v) is 7.47. The Morgan fingerprint density at radius 2 is 1.60 bits per heavy atom. The van der Waals surface area contributed by atoms with Gasteiger partial charge in [0.25, 0.3) is 5.91 Å². The molecule has 0 aromatic heterocycles. The number of nitrogens with one attached hydrogen (secondary N) is 1. The van der Waals surface area contributed by atoms with E-state index < -0.39 is 0 Å². The molecule has 7 heteroatoms. The van der Waals surface area contributed by atoms with Crippen LogP contribution in [0, 0.1) is 0 Å². The molecule has 0 saturated heterocycles. The lowest BCUT2D eigenvalue weighted by atomic mass is 10.2. The summed E-state index contributed by atoms with van der Waals surface area (Å²) in [5.41, 5.74) is 7.48. The molecular weight excluding hydrogens is 520 g/mol. The zero-order valence-electron chi connectivity index (χ0n) is 9.88. The maximum atomic E-state index is 12.3. The van der Waals surface area contributed by atoms with Crippen LogP contribution in [-0.4, -0.2) is 5.91 Å². The van der Waals surface area contributed by atoms with Crippen molar-refractivity contribution in [1.29, 1.82) is 0 Å². The summed E-state index contributed by atoms with van der Waals surface area (Å²) in [6.07, 6.45) is 0. The lowest BCUT2D eigenvalue weighted by molar-refractivity contribution is 0.102. The largest absolute Gasteiger partial charge is 0.397 e. The van der Waals surface area contributed by atoms with Crippen molar-refractivity contribution in [3.63, 3.8) is 0 Å². The Kier molecular flexibility index (Phi) is 5.28. The minimum Gasteiger partial charge on any atom is -0.397 e. The van der Waals surface area contributed by atoms with Gasteiger partial charge in [-0.15, -0.1) is 0 Å². The third kappa shape index (κ3) is 3.63. The molecular formula is C13H8Br4N2O. The van der Waals surface area contributed by atoms with Crippen LogP contribution >= 0.6 is 63.7 Å². The number of nitrogens with two attached hydrogens (primary N) is 1. The number of hydrogen-bond donors (Lipinski definition) is 2. The van der Waals surface area contributed by atoms with E-state index in [0.29, 0.717) is 25.9 Å². The molecule has 0 saturated carbocycles. The van der Waals surface area contributed by atoms with Gasteiger partial charge in [-0.2, -0.15) is 0 Å². The van der Waals surface area contributed by atoms with E-state index in [-0.39, 0.29) is 5.91 Å². The van der Waals surface area contributed by atoms with Gasteiger partial charge in [0.05, 0.1) is 16.9 Å². The summed E-state index contributed by atoms with van der Waals surface area (Å²) < 4.78 is 3.15. The van der Waals surface area contributed by atoms with E-state index >= 15 is 0 Å². The molecule has 2 aromatic carbocycles. The Morgan fingerprint density at radius 3 is 2.20 bits per heavy atom. The Morgan fingerprint density at radius 1 is 0.950 bits per heavy atom. The Labute approximate surface area is 149 Å². The molecule has 0 aliphatic carbocycles. The number of hydrogen-bond acceptors (Lipinski definition) is 2. The van der Waals surface area contributed by atoms with E-state index in [2.05, 4.69) is 69.0 Å². The predicted molar refractivity (Wildman–Crippen MR) is 96.0 cm³/mol. The first kappa shape index (κ1) is 16.0. The monoisotopic (exact) mass is 524 g/mol. The number of carbonyl (C=O) groups excluding carboxylic acids is 1. The van der Waals surface area contributed by atoms with E-state index in [1.165, 1.54) is 0 Å². The fourth-order valence-corrected chi connectivity index (χ4v) is 4.16. The number of halogens is 4. The highest BCUT2D eigenvalue weighted by Gasteiger charge is 2.14. The van der Waals surface area contributed by atoms with Crippen LogP contribution in [0.15, 0.2) is 48.2 Å². The van der Waals surface area contributed by atoms with Crippen molar-refractivity contribution in [2.75, 3.05) is 11.1 Å². The van der Waals surface area contributed by atoms with Crippen LogP contribution in [0.2, 0.25) is 0 Å². The van der Waals surface area contributed by atoms with E-state index in [1.54, 1.807) is 18.2 Å². The number of anilines is 2. The second-order valence-electron chi connectivity index (χ2n) is 3.93. The number of nitrogen functional groups attached to an aromatic ring is 1. The van der Waals surface area contributed by atoms with Crippen LogP contribution in [0.4, 0.5) is 11.4 Å². The summed E-state index contributed by atoms with van der Waals surface area (Å²) in [6.45, 7) is 0. The van der Waals surface area contributed by atoms with E-state index in [1.807, 2.05) is 12.1 Å².